The molecule has 1 unspecified atom stereocenters. The topological polar surface area (TPSA) is 102 Å². The van der Waals surface area contributed by atoms with Crippen LogP contribution in [0.15, 0.2) is 76.4 Å². The molecule has 5 rings (SSSR count). The van der Waals surface area contributed by atoms with Crippen LogP contribution in [0.3, 0.4) is 0 Å². The van der Waals surface area contributed by atoms with Gasteiger partial charge in [0, 0.05) is 38.5 Å². The Labute approximate surface area is 203 Å². The first-order valence-electron chi connectivity index (χ1n) is 10.3. The van der Waals surface area contributed by atoms with Crippen molar-refractivity contribution < 1.29 is 18.8 Å². The zero-order valence-electron chi connectivity index (χ0n) is 17.7. The van der Waals surface area contributed by atoms with Gasteiger partial charge in [-0.3, -0.25) is 14.4 Å². The third kappa shape index (κ3) is 4.13. The quantitative estimate of drug-likeness (QED) is 0.335. The molecule has 1 heterocycles. The third-order valence-electron chi connectivity index (χ3n) is 5.34. The number of ketones is 2. The lowest BCUT2D eigenvalue weighted by Gasteiger charge is -2.18. The summed E-state index contributed by atoms with van der Waals surface area (Å²) in [5.41, 5.74) is 2.48. The first-order chi connectivity index (χ1) is 16.4. The van der Waals surface area contributed by atoms with Crippen molar-refractivity contribution in [1.82, 2.24) is 10.2 Å². The van der Waals surface area contributed by atoms with E-state index in [1.807, 2.05) is 0 Å². The molecule has 1 atom stereocenters. The number of halogens is 1. The number of carbonyl (C=O) groups excluding carboxylic acids is 3. The van der Waals surface area contributed by atoms with Gasteiger partial charge >= 0.3 is 0 Å². The maximum absolute atomic E-state index is 12.9. The van der Waals surface area contributed by atoms with Crippen LogP contribution in [0.1, 0.15) is 38.8 Å². The van der Waals surface area contributed by atoms with Crippen LogP contribution in [0, 0.1) is 0 Å². The largest absolute Gasteiger partial charge is 0.411 e. The number of nitrogens with one attached hydrogen (secondary N) is 1. The van der Waals surface area contributed by atoms with Gasteiger partial charge in [-0.25, -0.2) is 0 Å². The molecule has 1 amide bonds. The summed E-state index contributed by atoms with van der Waals surface area (Å²) < 4.78 is 5.65. The standard InChI is InChI=1S/C25H16ClN3O4S/c1-13(34-25-29-28-24(33-25)14-6-8-15(26)9-7-14)23(32)27-16-10-11-19-20(12-16)22(31)18-5-3-2-4-17(18)21(19)30/h2-13H,1H3,(H,27,32). The lowest BCUT2D eigenvalue weighted by atomic mass is 9.84. The molecule has 34 heavy (non-hydrogen) atoms. The number of hydrogen-bond acceptors (Lipinski definition) is 7. The second kappa shape index (κ2) is 8.89. The number of thioether (sulfide) groups is 1. The minimum absolute atomic E-state index is 0.208. The molecule has 168 valence electrons. The second-order valence-electron chi connectivity index (χ2n) is 7.59. The zero-order chi connectivity index (χ0) is 23.8. The number of rotatable bonds is 5. The van der Waals surface area contributed by atoms with Gasteiger partial charge in [-0.15, -0.1) is 10.2 Å². The van der Waals surface area contributed by atoms with E-state index in [9.17, 15) is 14.4 Å². The van der Waals surface area contributed by atoms with Crippen molar-refractivity contribution in [2.24, 2.45) is 0 Å². The van der Waals surface area contributed by atoms with Crippen LogP contribution in [0.4, 0.5) is 5.69 Å². The number of hydrogen-bond donors (Lipinski definition) is 1. The van der Waals surface area contributed by atoms with E-state index in [0.717, 1.165) is 17.3 Å². The fraction of sp³-hybridized carbons (Fsp3) is 0.0800. The third-order valence-corrected chi connectivity index (χ3v) is 6.52. The predicted molar refractivity (Wildman–Crippen MR) is 128 cm³/mol. The minimum Gasteiger partial charge on any atom is -0.411 e. The molecular weight excluding hydrogens is 474 g/mol. The van der Waals surface area contributed by atoms with E-state index in [1.165, 1.54) is 6.07 Å². The van der Waals surface area contributed by atoms with Crippen molar-refractivity contribution in [1.29, 1.82) is 0 Å². The number of benzene rings is 3. The van der Waals surface area contributed by atoms with E-state index in [0.29, 0.717) is 33.3 Å². The summed E-state index contributed by atoms with van der Waals surface area (Å²) in [5, 5.41) is 11.1. The molecule has 4 aromatic rings. The fourth-order valence-electron chi connectivity index (χ4n) is 3.59. The molecule has 3 aromatic carbocycles. The average molecular weight is 490 g/mol. The molecule has 0 fully saturated rings. The number of fused-ring (bicyclic) bond motifs is 2. The Bertz CT molecular complexity index is 1450. The van der Waals surface area contributed by atoms with Gasteiger partial charge in [-0.2, -0.15) is 0 Å². The van der Waals surface area contributed by atoms with Crippen molar-refractivity contribution >= 4 is 46.5 Å². The Balaban J connectivity index is 1.29. The summed E-state index contributed by atoms with van der Waals surface area (Å²) in [6.45, 7) is 1.70. The maximum Gasteiger partial charge on any atom is 0.277 e. The SMILES string of the molecule is CC(Sc1nnc(-c2ccc(Cl)cc2)o1)C(=O)Nc1ccc2c(c1)C(=O)c1ccccc1C2=O. The predicted octanol–water partition coefficient (Wildman–Crippen LogP) is 5.28. The Hall–Kier alpha value is -3.75. The fourth-order valence-corrected chi connectivity index (χ4v) is 4.40. The highest BCUT2D eigenvalue weighted by Gasteiger charge is 2.29. The van der Waals surface area contributed by atoms with Crippen molar-refractivity contribution in [3.8, 4) is 11.5 Å². The summed E-state index contributed by atoms with van der Waals surface area (Å²) in [7, 11) is 0. The second-order valence-corrected chi connectivity index (χ2v) is 9.32. The van der Waals surface area contributed by atoms with Crippen LogP contribution >= 0.6 is 23.4 Å². The molecule has 0 radical (unpaired) electrons. The number of aromatic nitrogens is 2. The Morgan fingerprint density at radius 3 is 2.26 bits per heavy atom. The van der Waals surface area contributed by atoms with Crippen LogP contribution in [-0.2, 0) is 4.79 Å². The molecule has 0 saturated heterocycles. The molecule has 0 saturated carbocycles. The smallest absolute Gasteiger partial charge is 0.277 e. The molecule has 7 nitrogen and oxygen atoms in total. The summed E-state index contributed by atoms with van der Waals surface area (Å²) in [5.74, 6) is -0.444. The maximum atomic E-state index is 12.9. The molecule has 0 aliphatic heterocycles. The van der Waals surface area contributed by atoms with Crippen LogP contribution in [0.25, 0.3) is 11.5 Å². The van der Waals surface area contributed by atoms with Gasteiger partial charge in [0.1, 0.15) is 0 Å². The van der Waals surface area contributed by atoms with Gasteiger partial charge < -0.3 is 9.73 Å². The Kier molecular flexibility index (Phi) is 5.77. The molecule has 1 aromatic heterocycles. The van der Waals surface area contributed by atoms with E-state index in [1.54, 1.807) is 67.6 Å². The molecule has 0 spiro atoms. The van der Waals surface area contributed by atoms with Crippen LogP contribution < -0.4 is 5.32 Å². The lowest BCUT2D eigenvalue weighted by Crippen LogP contribution is -2.24. The van der Waals surface area contributed by atoms with Crippen molar-refractivity contribution in [2.45, 2.75) is 17.4 Å². The number of anilines is 1. The van der Waals surface area contributed by atoms with Crippen LogP contribution in [-0.4, -0.2) is 32.9 Å². The molecule has 0 bridgehead atoms. The zero-order valence-corrected chi connectivity index (χ0v) is 19.3. The van der Waals surface area contributed by atoms with Gasteiger partial charge in [0.2, 0.25) is 11.8 Å². The van der Waals surface area contributed by atoms with E-state index < -0.39 is 5.25 Å². The summed E-state index contributed by atoms with van der Waals surface area (Å²) in [4.78, 5) is 38.4. The first kappa shape index (κ1) is 22.1. The van der Waals surface area contributed by atoms with Gasteiger partial charge in [0.25, 0.3) is 5.22 Å². The van der Waals surface area contributed by atoms with Gasteiger partial charge in [-0.1, -0.05) is 47.6 Å². The summed E-state index contributed by atoms with van der Waals surface area (Å²) in [6, 6.07) is 18.4. The van der Waals surface area contributed by atoms with E-state index in [-0.39, 0.29) is 28.3 Å². The highest BCUT2D eigenvalue weighted by Crippen LogP contribution is 2.30. The first-order valence-corrected chi connectivity index (χ1v) is 11.6. The van der Waals surface area contributed by atoms with E-state index >= 15 is 0 Å². The van der Waals surface area contributed by atoms with Gasteiger partial charge in [0.15, 0.2) is 11.6 Å². The molecule has 1 aliphatic carbocycles. The van der Waals surface area contributed by atoms with Gasteiger partial charge in [0.05, 0.1) is 5.25 Å². The molecule has 1 N–H and O–H groups in total. The number of carbonyl (C=O) groups is 3. The highest BCUT2D eigenvalue weighted by molar-refractivity contribution is 8.00. The lowest BCUT2D eigenvalue weighted by molar-refractivity contribution is -0.115. The molecular formula is C25H16ClN3O4S. The Morgan fingerprint density at radius 1 is 0.912 bits per heavy atom. The van der Waals surface area contributed by atoms with Crippen LogP contribution in [0.5, 0.6) is 0 Å². The normalized spacial score (nSPS) is 13.2. The number of nitrogens with zero attached hydrogens (tertiary/aromatic N) is 2. The Morgan fingerprint density at radius 2 is 1.56 bits per heavy atom. The minimum atomic E-state index is -0.562. The van der Waals surface area contributed by atoms with Crippen LogP contribution in [0.2, 0.25) is 5.02 Å². The summed E-state index contributed by atoms with van der Waals surface area (Å²) in [6.07, 6.45) is 0. The van der Waals surface area contributed by atoms with E-state index in [2.05, 4.69) is 15.5 Å². The summed E-state index contributed by atoms with van der Waals surface area (Å²) >= 11 is 7.01. The van der Waals surface area contributed by atoms with Crippen molar-refractivity contribution in [2.75, 3.05) is 5.32 Å². The molecule has 1 aliphatic rings. The monoisotopic (exact) mass is 489 g/mol. The van der Waals surface area contributed by atoms with Gasteiger partial charge in [-0.05, 0) is 49.4 Å². The van der Waals surface area contributed by atoms with Crippen molar-refractivity contribution in [3.05, 3.63) is 94.0 Å². The van der Waals surface area contributed by atoms with E-state index in [4.69, 9.17) is 16.0 Å². The number of amides is 1. The van der Waals surface area contributed by atoms with Crippen molar-refractivity contribution in [3.63, 3.8) is 0 Å². The molecule has 9 heteroatoms. The average Bonchev–Trinajstić information content (AvgIpc) is 3.31. The highest BCUT2D eigenvalue weighted by atomic mass is 35.5.